The van der Waals surface area contributed by atoms with Gasteiger partial charge in [0.25, 0.3) is 0 Å². The van der Waals surface area contributed by atoms with Crippen LogP contribution in [0.15, 0.2) is 11.1 Å². The standard InChI is InChI=1S/C11H18ClN3O2S/c1-8-11(7-13-15-8)18(16,17)14-6-10-4-2-3-9(10)5-12/h7,9-10,14H,2-6H2,1H3,(H,13,15). The highest BCUT2D eigenvalue weighted by Gasteiger charge is 2.28. The Labute approximate surface area is 112 Å². The minimum atomic E-state index is -3.45. The number of rotatable bonds is 5. The van der Waals surface area contributed by atoms with Gasteiger partial charge >= 0.3 is 0 Å². The molecule has 1 aromatic rings. The fourth-order valence-electron chi connectivity index (χ4n) is 2.49. The van der Waals surface area contributed by atoms with E-state index in [0.29, 0.717) is 30.0 Å². The van der Waals surface area contributed by atoms with E-state index in [4.69, 9.17) is 11.6 Å². The minimum Gasteiger partial charge on any atom is -0.281 e. The van der Waals surface area contributed by atoms with Crippen molar-refractivity contribution in [2.24, 2.45) is 11.8 Å². The van der Waals surface area contributed by atoms with Gasteiger partial charge in [-0.05, 0) is 31.6 Å². The molecule has 0 spiro atoms. The predicted molar refractivity (Wildman–Crippen MR) is 70.1 cm³/mol. The number of aromatic amines is 1. The van der Waals surface area contributed by atoms with E-state index in [-0.39, 0.29) is 4.90 Å². The van der Waals surface area contributed by atoms with Crippen LogP contribution < -0.4 is 4.72 Å². The summed E-state index contributed by atoms with van der Waals surface area (Å²) in [7, 11) is -3.45. The van der Waals surface area contributed by atoms with Crippen LogP contribution in [0.3, 0.4) is 0 Å². The SMILES string of the molecule is Cc1[nH]ncc1S(=O)(=O)NCC1CCCC1CCl. The van der Waals surface area contributed by atoms with E-state index in [1.807, 2.05) is 0 Å². The Kier molecular flexibility index (Phi) is 4.29. The van der Waals surface area contributed by atoms with Crippen LogP contribution in [0.25, 0.3) is 0 Å². The van der Waals surface area contributed by atoms with Crippen LogP contribution in [0, 0.1) is 18.8 Å². The topological polar surface area (TPSA) is 74.8 Å². The summed E-state index contributed by atoms with van der Waals surface area (Å²) in [5, 5.41) is 6.37. The summed E-state index contributed by atoms with van der Waals surface area (Å²) in [6, 6.07) is 0. The van der Waals surface area contributed by atoms with Crippen molar-refractivity contribution in [3.05, 3.63) is 11.9 Å². The molecule has 1 fully saturated rings. The van der Waals surface area contributed by atoms with Crippen LogP contribution in [0.2, 0.25) is 0 Å². The molecule has 2 unspecified atom stereocenters. The van der Waals surface area contributed by atoms with Gasteiger partial charge in [0.1, 0.15) is 4.90 Å². The lowest BCUT2D eigenvalue weighted by Crippen LogP contribution is -2.31. The second-order valence-corrected chi connectivity index (χ2v) is 6.86. The molecule has 18 heavy (non-hydrogen) atoms. The molecule has 2 atom stereocenters. The van der Waals surface area contributed by atoms with Gasteiger partial charge in [-0.1, -0.05) is 6.42 Å². The molecule has 2 N–H and O–H groups in total. The third-order valence-corrected chi connectivity index (χ3v) is 5.56. The maximum Gasteiger partial charge on any atom is 0.243 e. The van der Waals surface area contributed by atoms with Gasteiger partial charge in [-0.15, -0.1) is 11.6 Å². The van der Waals surface area contributed by atoms with Gasteiger partial charge in [0.2, 0.25) is 10.0 Å². The summed E-state index contributed by atoms with van der Waals surface area (Å²) < 4.78 is 26.8. The van der Waals surface area contributed by atoms with Crippen molar-refractivity contribution >= 4 is 21.6 Å². The average molecular weight is 292 g/mol. The zero-order valence-corrected chi connectivity index (χ0v) is 11.9. The summed E-state index contributed by atoms with van der Waals surface area (Å²) >= 11 is 5.89. The van der Waals surface area contributed by atoms with Crippen molar-refractivity contribution in [3.8, 4) is 0 Å². The first-order valence-corrected chi connectivity index (χ1v) is 8.12. The molecule has 1 aromatic heterocycles. The molecule has 0 amide bonds. The number of H-pyrrole nitrogens is 1. The van der Waals surface area contributed by atoms with Gasteiger partial charge in [0.05, 0.1) is 11.9 Å². The lowest BCUT2D eigenvalue weighted by Gasteiger charge is -2.17. The smallest absolute Gasteiger partial charge is 0.243 e. The number of nitrogens with one attached hydrogen (secondary N) is 2. The first kappa shape index (κ1) is 13.8. The molecular weight excluding hydrogens is 274 g/mol. The van der Waals surface area contributed by atoms with Crippen molar-refractivity contribution in [1.82, 2.24) is 14.9 Å². The quantitative estimate of drug-likeness (QED) is 0.810. The van der Waals surface area contributed by atoms with Crippen molar-refractivity contribution < 1.29 is 8.42 Å². The second kappa shape index (κ2) is 5.59. The zero-order chi connectivity index (χ0) is 13.2. The van der Waals surface area contributed by atoms with E-state index in [1.165, 1.54) is 6.20 Å². The lowest BCUT2D eigenvalue weighted by molar-refractivity contribution is 0.418. The highest BCUT2D eigenvalue weighted by Crippen LogP contribution is 2.32. The van der Waals surface area contributed by atoms with Crippen molar-refractivity contribution in [3.63, 3.8) is 0 Å². The highest BCUT2D eigenvalue weighted by atomic mass is 35.5. The number of hydrogen-bond donors (Lipinski definition) is 2. The van der Waals surface area contributed by atoms with Gasteiger partial charge in [-0.2, -0.15) is 5.10 Å². The first-order chi connectivity index (χ1) is 8.54. The average Bonchev–Trinajstić information content (AvgIpc) is 2.94. The maximum absolute atomic E-state index is 12.1. The molecular formula is C11H18ClN3O2S. The fourth-order valence-corrected chi connectivity index (χ4v) is 4.13. The number of halogens is 1. The van der Waals surface area contributed by atoms with Crippen LogP contribution in [0.4, 0.5) is 0 Å². The maximum atomic E-state index is 12.1. The van der Waals surface area contributed by atoms with E-state index >= 15 is 0 Å². The fraction of sp³-hybridized carbons (Fsp3) is 0.727. The molecule has 0 aromatic carbocycles. The van der Waals surface area contributed by atoms with E-state index in [0.717, 1.165) is 19.3 Å². The van der Waals surface area contributed by atoms with Crippen LogP contribution in [-0.4, -0.2) is 31.0 Å². The van der Waals surface area contributed by atoms with Crippen molar-refractivity contribution in [1.29, 1.82) is 0 Å². The molecule has 5 nitrogen and oxygen atoms in total. The van der Waals surface area contributed by atoms with Crippen LogP contribution in [0.1, 0.15) is 25.0 Å². The second-order valence-electron chi connectivity index (χ2n) is 4.82. The molecule has 1 aliphatic carbocycles. The number of aromatic nitrogens is 2. The van der Waals surface area contributed by atoms with Gasteiger partial charge < -0.3 is 0 Å². The number of nitrogens with zero attached hydrogens (tertiary/aromatic N) is 1. The van der Waals surface area contributed by atoms with Gasteiger partial charge in [-0.25, -0.2) is 13.1 Å². The Morgan fingerprint density at radius 3 is 2.83 bits per heavy atom. The van der Waals surface area contributed by atoms with Crippen molar-refractivity contribution in [2.75, 3.05) is 12.4 Å². The summed E-state index contributed by atoms with van der Waals surface area (Å²) in [4.78, 5) is 0.225. The first-order valence-electron chi connectivity index (χ1n) is 6.10. The summed E-state index contributed by atoms with van der Waals surface area (Å²) in [5.74, 6) is 1.39. The number of alkyl halides is 1. The van der Waals surface area contributed by atoms with Crippen LogP contribution in [0.5, 0.6) is 0 Å². The Morgan fingerprint density at radius 1 is 1.50 bits per heavy atom. The molecule has 2 rings (SSSR count). The molecule has 0 saturated heterocycles. The van der Waals surface area contributed by atoms with Gasteiger partial charge in [0, 0.05) is 12.4 Å². The molecule has 0 bridgehead atoms. The highest BCUT2D eigenvalue weighted by molar-refractivity contribution is 7.89. The number of hydrogen-bond acceptors (Lipinski definition) is 3. The Bertz CT molecular complexity index is 500. The monoisotopic (exact) mass is 291 g/mol. The van der Waals surface area contributed by atoms with E-state index in [2.05, 4.69) is 14.9 Å². The van der Waals surface area contributed by atoms with E-state index < -0.39 is 10.0 Å². The minimum absolute atomic E-state index is 0.225. The molecule has 7 heteroatoms. The normalized spacial score (nSPS) is 24.6. The molecule has 1 heterocycles. The summed E-state index contributed by atoms with van der Waals surface area (Å²) in [6.45, 7) is 2.16. The number of sulfonamides is 1. The van der Waals surface area contributed by atoms with E-state index in [9.17, 15) is 8.42 Å². The van der Waals surface area contributed by atoms with E-state index in [1.54, 1.807) is 6.92 Å². The van der Waals surface area contributed by atoms with Crippen molar-refractivity contribution in [2.45, 2.75) is 31.1 Å². The van der Waals surface area contributed by atoms with Gasteiger partial charge in [-0.3, -0.25) is 5.10 Å². The number of aryl methyl sites for hydroxylation is 1. The summed E-state index contributed by atoms with van der Waals surface area (Å²) in [5.41, 5.74) is 0.558. The molecule has 102 valence electrons. The third kappa shape index (κ3) is 2.87. The lowest BCUT2D eigenvalue weighted by atomic mass is 9.98. The predicted octanol–water partition coefficient (Wildman–Crippen LogP) is 1.65. The van der Waals surface area contributed by atoms with Gasteiger partial charge in [0.15, 0.2) is 0 Å². The molecule has 0 radical (unpaired) electrons. The van der Waals surface area contributed by atoms with Crippen LogP contribution in [-0.2, 0) is 10.0 Å². The zero-order valence-electron chi connectivity index (χ0n) is 10.3. The largest absolute Gasteiger partial charge is 0.281 e. The Hall–Kier alpha value is -0.590. The van der Waals surface area contributed by atoms with Crippen LogP contribution >= 0.6 is 11.6 Å². The molecule has 1 saturated carbocycles. The Balaban J connectivity index is 2.00. The molecule has 1 aliphatic rings. The third-order valence-electron chi connectivity index (χ3n) is 3.62. The molecule has 0 aliphatic heterocycles. The Morgan fingerprint density at radius 2 is 2.22 bits per heavy atom. The summed E-state index contributed by atoms with van der Waals surface area (Å²) in [6.07, 6.45) is 4.62.